The van der Waals surface area contributed by atoms with Crippen molar-refractivity contribution in [3.8, 4) is 0 Å². The quantitative estimate of drug-likeness (QED) is 0.735. The number of nitrogens with one attached hydrogen (secondary N) is 1. The van der Waals surface area contributed by atoms with Crippen LogP contribution in [0, 0.1) is 0 Å². The van der Waals surface area contributed by atoms with Gasteiger partial charge in [-0.05, 0) is 50.2 Å². The zero-order valence-corrected chi connectivity index (χ0v) is 12.9. The monoisotopic (exact) mass is 312 g/mol. The van der Waals surface area contributed by atoms with E-state index in [1.54, 1.807) is 24.3 Å². The maximum absolute atomic E-state index is 12.0. The molecule has 0 spiro atoms. The number of benzene rings is 1. The summed E-state index contributed by atoms with van der Waals surface area (Å²) in [6.07, 6.45) is 1.59. The van der Waals surface area contributed by atoms with Crippen LogP contribution in [0.25, 0.3) is 0 Å². The molecule has 21 heavy (non-hydrogen) atoms. The van der Waals surface area contributed by atoms with E-state index in [9.17, 15) is 9.59 Å². The highest BCUT2D eigenvalue weighted by Crippen LogP contribution is 2.13. The number of aliphatic carboxylic acids is 1. The zero-order valence-electron chi connectivity index (χ0n) is 12.1. The van der Waals surface area contributed by atoms with Crippen LogP contribution in [0.1, 0.15) is 26.2 Å². The highest BCUT2D eigenvalue weighted by Gasteiger charge is 2.11. The molecule has 1 aromatic carbocycles. The van der Waals surface area contributed by atoms with Crippen molar-refractivity contribution in [3.63, 3.8) is 0 Å². The molecule has 0 unspecified atom stereocenters. The Morgan fingerprint density at radius 1 is 1.24 bits per heavy atom. The van der Waals surface area contributed by atoms with E-state index in [4.69, 9.17) is 16.7 Å². The molecular weight excluding hydrogens is 292 g/mol. The predicted molar refractivity (Wildman–Crippen MR) is 83.7 cm³/mol. The third-order valence-electron chi connectivity index (χ3n) is 2.90. The first kappa shape index (κ1) is 17.5. The fourth-order valence-corrected chi connectivity index (χ4v) is 2.10. The van der Waals surface area contributed by atoms with Gasteiger partial charge in [0.25, 0.3) is 0 Å². The van der Waals surface area contributed by atoms with Gasteiger partial charge in [0.05, 0.1) is 6.54 Å². The smallest absolute Gasteiger partial charge is 0.303 e. The summed E-state index contributed by atoms with van der Waals surface area (Å²) in [5.74, 6) is -0.918. The first-order valence-corrected chi connectivity index (χ1v) is 7.38. The molecule has 5 nitrogen and oxygen atoms in total. The lowest BCUT2D eigenvalue weighted by molar-refractivity contribution is -0.137. The summed E-state index contributed by atoms with van der Waals surface area (Å²) >= 11 is 5.79. The molecule has 0 heterocycles. The minimum atomic E-state index is -0.808. The number of carboxylic acids is 1. The van der Waals surface area contributed by atoms with Crippen LogP contribution >= 0.6 is 11.6 Å². The Kier molecular flexibility index (Phi) is 7.79. The first-order valence-electron chi connectivity index (χ1n) is 7.01. The van der Waals surface area contributed by atoms with Crippen LogP contribution in [-0.2, 0) is 9.59 Å². The van der Waals surface area contributed by atoms with Crippen molar-refractivity contribution < 1.29 is 14.7 Å². The Labute approximate surface area is 129 Å². The summed E-state index contributed by atoms with van der Waals surface area (Å²) in [7, 11) is 0. The fraction of sp³-hybridized carbons (Fsp3) is 0.467. The van der Waals surface area contributed by atoms with Gasteiger partial charge < -0.3 is 10.4 Å². The molecule has 0 aliphatic carbocycles. The first-order chi connectivity index (χ1) is 10.0. The molecule has 2 N–H and O–H groups in total. The van der Waals surface area contributed by atoms with Crippen LogP contribution in [0.4, 0.5) is 5.69 Å². The summed E-state index contributed by atoms with van der Waals surface area (Å²) in [5.41, 5.74) is 0.700. The lowest BCUT2D eigenvalue weighted by Crippen LogP contribution is -2.34. The molecule has 1 amide bonds. The Balaban J connectivity index is 2.43. The number of carbonyl (C=O) groups excluding carboxylic acids is 1. The number of halogens is 1. The molecule has 0 fully saturated rings. The lowest BCUT2D eigenvalue weighted by Gasteiger charge is -2.20. The number of hydrogen-bond donors (Lipinski definition) is 2. The third kappa shape index (κ3) is 7.68. The second-order valence-electron chi connectivity index (χ2n) is 4.83. The van der Waals surface area contributed by atoms with Gasteiger partial charge in [0.1, 0.15) is 0 Å². The number of rotatable bonds is 9. The SMILES string of the molecule is CCCN(CCCC(=O)O)CC(=O)Nc1ccc(Cl)cc1. The van der Waals surface area contributed by atoms with Crippen molar-refractivity contribution in [2.45, 2.75) is 26.2 Å². The van der Waals surface area contributed by atoms with E-state index in [-0.39, 0.29) is 18.9 Å². The van der Waals surface area contributed by atoms with E-state index in [1.807, 2.05) is 11.8 Å². The van der Waals surface area contributed by atoms with Crippen LogP contribution in [0.5, 0.6) is 0 Å². The summed E-state index contributed by atoms with van der Waals surface area (Å²) in [6.45, 7) is 3.67. The summed E-state index contributed by atoms with van der Waals surface area (Å²) < 4.78 is 0. The number of anilines is 1. The number of hydrogen-bond acceptors (Lipinski definition) is 3. The van der Waals surface area contributed by atoms with Crippen LogP contribution in [-0.4, -0.2) is 41.5 Å². The zero-order chi connectivity index (χ0) is 15.7. The molecule has 0 aliphatic heterocycles. The second-order valence-corrected chi connectivity index (χ2v) is 5.26. The number of carboxylic acid groups (broad SMARTS) is 1. The summed E-state index contributed by atoms with van der Waals surface area (Å²) in [5, 5.41) is 12.1. The van der Waals surface area contributed by atoms with E-state index in [1.165, 1.54) is 0 Å². The highest BCUT2D eigenvalue weighted by atomic mass is 35.5. The third-order valence-corrected chi connectivity index (χ3v) is 3.15. The van der Waals surface area contributed by atoms with Gasteiger partial charge in [-0.15, -0.1) is 0 Å². The van der Waals surface area contributed by atoms with Crippen molar-refractivity contribution in [2.24, 2.45) is 0 Å². The van der Waals surface area contributed by atoms with E-state index >= 15 is 0 Å². The Bertz CT molecular complexity index is 462. The van der Waals surface area contributed by atoms with Crippen LogP contribution in [0.3, 0.4) is 0 Å². The molecule has 0 bridgehead atoms. The molecule has 0 aliphatic rings. The maximum atomic E-state index is 12.0. The van der Waals surface area contributed by atoms with Gasteiger partial charge in [-0.2, -0.15) is 0 Å². The molecule has 0 aromatic heterocycles. The summed E-state index contributed by atoms with van der Waals surface area (Å²) in [4.78, 5) is 24.5. The fourth-order valence-electron chi connectivity index (χ4n) is 1.98. The highest BCUT2D eigenvalue weighted by molar-refractivity contribution is 6.30. The Hall–Kier alpha value is -1.59. The van der Waals surface area contributed by atoms with Crippen LogP contribution < -0.4 is 5.32 Å². The van der Waals surface area contributed by atoms with Crippen molar-refractivity contribution >= 4 is 29.2 Å². The Morgan fingerprint density at radius 2 is 1.90 bits per heavy atom. The molecule has 6 heteroatoms. The van der Waals surface area contributed by atoms with Crippen molar-refractivity contribution in [1.29, 1.82) is 0 Å². The van der Waals surface area contributed by atoms with E-state index in [0.29, 0.717) is 23.7 Å². The van der Waals surface area contributed by atoms with Gasteiger partial charge in [-0.25, -0.2) is 0 Å². The van der Waals surface area contributed by atoms with E-state index in [0.717, 1.165) is 13.0 Å². The van der Waals surface area contributed by atoms with Gasteiger partial charge >= 0.3 is 5.97 Å². The van der Waals surface area contributed by atoms with E-state index in [2.05, 4.69) is 5.32 Å². The van der Waals surface area contributed by atoms with Gasteiger partial charge in [0.15, 0.2) is 0 Å². The number of carbonyl (C=O) groups is 2. The minimum absolute atomic E-state index is 0.110. The normalized spacial score (nSPS) is 10.6. The average molecular weight is 313 g/mol. The minimum Gasteiger partial charge on any atom is -0.481 e. The largest absolute Gasteiger partial charge is 0.481 e. The van der Waals surface area contributed by atoms with Crippen LogP contribution in [0.2, 0.25) is 5.02 Å². The topological polar surface area (TPSA) is 69.6 Å². The van der Waals surface area contributed by atoms with Crippen molar-refractivity contribution in [1.82, 2.24) is 4.90 Å². The molecule has 0 atom stereocenters. The Morgan fingerprint density at radius 3 is 2.48 bits per heavy atom. The van der Waals surface area contributed by atoms with Gasteiger partial charge in [0.2, 0.25) is 5.91 Å². The summed E-state index contributed by atoms with van der Waals surface area (Å²) in [6, 6.07) is 6.92. The molecule has 116 valence electrons. The van der Waals surface area contributed by atoms with Crippen LogP contribution in [0.15, 0.2) is 24.3 Å². The predicted octanol–water partition coefficient (Wildman–Crippen LogP) is 2.86. The molecule has 0 saturated carbocycles. The van der Waals surface area contributed by atoms with Gasteiger partial charge in [-0.3, -0.25) is 14.5 Å². The average Bonchev–Trinajstić information content (AvgIpc) is 2.41. The van der Waals surface area contributed by atoms with Gasteiger partial charge in [-0.1, -0.05) is 18.5 Å². The number of amides is 1. The van der Waals surface area contributed by atoms with E-state index < -0.39 is 5.97 Å². The lowest BCUT2D eigenvalue weighted by atomic mass is 10.2. The maximum Gasteiger partial charge on any atom is 0.303 e. The molecule has 1 rings (SSSR count). The molecule has 0 radical (unpaired) electrons. The second kappa shape index (κ2) is 9.37. The molecule has 1 aromatic rings. The number of nitrogens with zero attached hydrogens (tertiary/aromatic N) is 1. The molecule has 0 saturated heterocycles. The van der Waals surface area contributed by atoms with Crippen molar-refractivity contribution in [3.05, 3.63) is 29.3 Å². The van der Waals surface area contributed by atoms with Gasteiger partial charge in [0, 0.05) is 17.1 Å². The standard InChI is InChI=1S/C15H21ClN2O3/c1-2-9-18(10-3-4-15(20)21)11-14(19)17-13-7-5-12(16)6-8-13/h5-8H,2-4,9-11H2,1H3,(H,17,19)(H,20,21). The molecular formula is C15H21ClN2O3. The van der Waals surface area contributed by atoms with Crippen molar-refractivity contribution in [2.75, 3.05) is 25.0 Å².